The van der Waals surface area contributed by atoms with Crippen LogP contribution < -0.4 is 10.1 Å². The lowest BCUT2D eigenvalue weighted by atomic mass is 10.0. The van der Waals surface area contributed by atoms with E-state index < -0.39 is 6.36 Å². The van der Waals surface area contributed by atoms with Gasteiger partial charge < -0.3 is 14.8 Å². The Hall–Kier alpha value is -0.790. The summed E-state index contributed by atoms with van der Waals surface area (Å²) in [6.45, 7) is 4.27. The van der Waals surface area contributed by atoms with E-state index in [4.69, 9.17) is 4.74 Å². The maximum Gasteiger partial charge on any atom is 0.573 e. The molecule has 1 N–H and O–H groups in total. The van der Waals surface area contributed by atoms with Gasteiger partial charge in [-0.05, 0) is 52.9 Å². The molecule has 1 aromatic carbocycles. The summed E-state index contributed by atoms with van der Waals surface area (Å²) in [5.41, 5.74) is 0.892. The molecule has 1 aromatic rings. The van der Waals surface area contributed by atoms with E-state index >= 15 is 0 Å². The Labute approximate surface area is 129 Å². The predicted octanol–water partition coefficient (Wildman–Crippen LogP) is 3.86. The molecular formula is C14H17BrF3NO2. The molecule has 3 nitrogen and oxygen atoms in total. The molecule has 1 aliphatic rings. The Bertz CT molecular complexity index is 482. The topological polar surface area (TPSA) is 30.5 Å². The van der Waals surface area contributed by atoms with Gasteiger partial charge in [-0.2, -0.15) is 0 Å². The molecule has 2 atom stereocenters. The molecule has 2 unspecified atom stereocenters. The Balaban J connectivity index is 1.85. The van der Waals surface area contributed by atoms with E-state index in [1.165, 1.54) is 6.07 Å². The number of halogens is 4. The Morgan fingerprint density at radius 1 is 1.43 bits per heavy atom. The largest absolute Gasteiger partial charge is 0.573 e. The van der Waals surface area contributed by atoms with E-state index in [9.17, 15) is 13.2 Å². The third-order valence-corrected chi connectivity index (χ3v) is 4.11. The van der Waals surface area contributed by atoms with Crippen LogP contribution in [-0.2, 0) is 11.3 Å². The predicted molar refractivity (Wildman–Crippen MR) is 76.1 cm³/mol. The fourth-order valence-electron chi connectivity index (χ4n) is 2.31. The Kier molecular flexibility index (Phi) is 5.51. The second-order valence-corrected chi connectivity index (χ2v) is 5.92. The summed E-state index contributed by atoms with van der Waals surface area (Å²) in [6, 6.07) is 4.56. The highest BCUT2D eigenvalue weighted by molar-refractivity contribution is 9.10. The Morgan fingerprint density at radius 3 is 2.76 bits per heavy atom. The molecule has 7 heteroatoms. The van der Waals surface area contributed by atoms with E-state index in [2.05, 4.69) is 32.9 Å². The highest BCUT2D eigenvalue weighted by atomic mass is 79.9. The lowest BCUT2D eigenvalue weighted by Crippen LogP contribution is -2.26. The van der Waals surface area contributed by atoms with Crippen LogP contribution in [0.3, 0.4) is 0 Å². The van der Waals surface area contributed by atoms with E-state index in [-0.39, 0.29) is 16.3 Å². The van der Waals surface area contributed by atoms with Crippen molar-refractivity contribution in [2.24, 2.45) is 5.92 Å². The molecular weight excluding hydrogens is 351 g/mol. The van der Waals surface area contributed by atoms with Gasteiger partial charge in [-0.1, -0.05) is 6.07 Å². The van der Waals surface area contributed by atoms with Crippen LogP contribution in [-0.4, -0.2) is 25.6 Å². The highest BCUT2D eigenvalue weighted by Gasteiger charge is 2.32. The first-order chi connectivity index (χ1) is 9.85. The summed E-state index contributed by atoms with van der Waals surface area (Å²) in [5, 5.41) is 3.31. The normalized spacial score (nSPS) is 22.5. The number of benzene rings is 1. The number of alkyl halides is 3. The monoisotopic (exact) mass is 367 g/mol. The van der Waals surface area contributed by atoms with Gasteiger partial charge in [0.1, 0.15) is 5.75 Å². The average molecular weight is 368 g/mol. The number of hydrogen-bond acceptors (Lipinski definition) is 3. The minimum atomic E-state index is -4.68. The molecule has 1 heterocycles. The van der Waals surface area contributed by atoms with Crippen LogP contribution in [0.5, 0.6) is 5.75 Å². The zero-order chi connectivity index (χ0) is 15.5. The van der Waals surface area contributed by atoms with Crippen molar-refractivity contribution >= 4 is 15.9 Å². The first-order valence-corrected chi connectivity index (χ1v) is 7.51. The molecule has 0 spiro atoms. The second kappa shape index (κ2) is 6.98. The first-order valence-electron chi connectivity index (χ1n) is 6.71. The third-order valence-electron chi connectivity index (χ3n) is 3.49. The SMILES string of the molecule is CC1OCCC1CNCc1ccc(OC(F)(F)F)c(Br)c1. The number of rotatable bonds is 5. The third kappa shape index (κ3) is 5.16. The van der Waals surface area contributed by atoms with Crippen molar-refractivity contribution in [3.63, 3.8) is 0 Å². The minimum absolute atomic E-state index is 0.232. The molecule has 1 fully saturated rings. The van der Waals surface area contributed by atoms with Gasteiger partial charge in [0.25, 0.3) is 0 Å². The summed E-state index contributed by atoms with van der Waals surface area (Å²) >= 11 is 3.09. The minimum Gasteiger partial charge on any atom is -0.405 e. The van der Waals surface area contributed by atoms with Crippen molar-refractivity contribution in [2.75, 3.05) is 13.2 Å². The molecule has 0 aromatic heterocycles. The zero-order valence-corrected chi connectivity index (χ0v) is 13.1. The molecule has 2 rings (SSSR count). The average Bonchev–Trinajstić information content (AvgIpc) is 2.77. The lowest BCUT2D eigenvalue weighted by Gasteiger charge is -2.15. The first kappa shape index (κ1) is 16.6. The molecule has 0 radical (unpaired) electrons. The van der Waals surface area contributed by atoms with Gasteiger partial charge in [-0.25, -0.2) is 0 Å². The van der Waals surface area contributed by atoms with Gasteiger partial charge in [0.15, 0.2) is 0 Å². The standard InChI is InChI=1S/C14H17BrF3NO2/c1-9-11(4-5-20-9)8-19-7-10-2-3-13(12(15)6-10)21-14(16,17)18/h2-3,6,9,11,19H,4-5,7-8H2,1H3. The van der Waals surface area contributed by atoms with Crippen LogP contribution in [0, 0.1) is 5.92 Å². The highest BCUT2D eigenvalue weighted by Crippen LogP contribution is 2.31. The van der Waals surface area contributed by atoms with Crippen molar-refractivity contribution in [2.45, 2.75) is 32.4 Å². The van der Waals surface area contributed by atoms with Crippen LogP contribution in [0.25, 0.3) is 0 Å². The summed E-state index contributed by atoms with van der Waals surface area (Å²) < 4.78 is 46.2. The fourth-order valence-corrected chi connectivity index (χ4v) is 2.81. The van der Waals surface area contributed by atoms with Crippen LogP contribution in [0.2, 0.25) is 0 Å². The van der Waals surface area contributed by atoms with Crippen molar-refractivity contribution < 1.29 is 22.6 Å². The summed E-state index contributed by atoms with van der Waals surface area (Å²) in [4.78, 5) is 0. The lowest BCUT2D eigenvalue weighted by molar-refractivity contribution is -0.274. The number of hydrogen-bond donors (Lipinski definition) is 1. The summed E-state index contributed by atoms with van der Waals surface area (Å²) in [5.74, 6) is 0.255. The molecule has 0 bridgehead atoms. The van der Waals surface area contributed by atoms with Gasteiger partial charge in [-0.3, -0.25) is 0 Å². The second-order valence-electron chi connectivity index (χ2n) is 5.07. The van der Waals surface area contributed by atoms with Gasteiger partial charge in [0.2, 0.25) is 0 Å². The van der Waals surface area contributed by atoms with Gasteiger partial charge >= 0.3 is 6.36 Å². The number of nitrogens with one attached hydrogen (secondary N) is 1. The van der Waals surface area contributed by atoms with Crippen molar-refractivity contribution in [3.05, 3.63) is 28.2 Å². The maximum absolute atomic E-state index is 12.2. The zero-order valence-electron chi connectivity index (χ0n) is 11.5. The van der Waals surface area contributed by atoms with E-state index in [0.29, 0.717) is 12.5 Å². The Morgan fingerprint density at radius 2 is 2.19 bits per heavy atom. The van der Waals surface area contributed by atoms with Gasteiger partial charge in [-0.15, -0.1) is 13.2 Å². The van der Waals surface area contributed by atoms with E-state index in [1.54, 1.807) is 12.1 Å². The molecule has 21 heavy (non-hydrogen) atoms. The molecule has 0 aliphatic carbocycles. The summed E-state index contributed by atoms with van der Waals surface area (Å²) in [6.07, 6.45) is -3.39. The van der Waals surface area contributed by atoms with Crippen LogP contribution in [0.15, 0.2) is 22.7 Å². The van der Waals surface area contributed by atoms with Gasteiger partial charge in [0, 0.05) is 19.7 Å². The van der Waals surface area contributed by atoms with Crippen LogP contribution >= 0.6 is 15.9 Å². The van der Waals surface area contributed by atoms with Crippen LogP contribution in [0.1, 0.15) is 18.9 Å². The van der Waals surface area contributed by atoms with E-state index in [0.717, 1.165) is 25.1 Å². The fraction of sp³-hybridized carbons (Fsp3) is 0.571. The van der Waals surface area contributed by atoms with Crippen molar-refractivity contribution in [3.8, 4) is 5.75 Å². The molecule has 0 amide bonds. The van der Waals surface area contributed by atoms with Crippen LogP contribution in [0.4, 0.5) is 13.2 Å². The van der Waals surface area contributed by atoms with Crippen molar-refractivity contribution in [1.29, 1.82) is 0 Å². The number of ether oxygens (including phenoxy) is 2. The molecule has 1 saturated heterocycles. The maximum atomic E-state index is 12.2. The van der Waals surface area contributed by atoms with Gasteiger partial charge in [0.05, 0.1) is 10.6 Å². The summed E-state index contributed by atoms with van der Waals surface area (Å²) in [7, 11) is 0. The smallest absolute Gasteiger partial charge is 0.405 e. The molecule has 1 aliphatic heterocycles. The van der Waals surface area contributed by atoms with E-state index in [1.807, 2.05) is 0 Å². The molecule has 118 valence electrons. The quantitative estimate of drug-likeness (QED) is 0.856. The molecule has 0 saturated carbocycles. The van der Waals surface area contributed by atoms with Crippen molar-refractivity contribution in [1.82, 2.24) is 5.32 Å².